The van der Waals surface area contributed by atoms with Crippen molar-refractivity contribution in [3.63, 3.8) is 0 Å². The molecule has 1 heterocycles. The van der Waals surface area contributed by atoms with Gasteiger partial charge in [-0.15, -0.1) is 0 Å². The molecule has 0 bridgehead atoms. The first-order valence-electron chi connectivity index (χ1n) is 9.47. The Hall–Kier alpha value is -2.24. The number of nitrogens with zero attached hydrogens (tertiary/aromatic N) is 2. The van der Waals surface area contributed by atoms with Crippen LogP contribution >= 0.6 is 0 Å². The predicted molar refractivity (Wildman–Crippen MR) is 109 cm³/mol. The van der Waals surface area contributed by atoms with E-state index in [9.17, 15) is 5.11 Å². The third-order valence-corrected chi connectivity index (χ3v) is 5.51. The molecule has 0 saturated carbocycles. The lowest BCUT2D eigenvalue weighted by Gasteiger charge is -2.37. The highest BCUT2D eigenvalue weighted by Crippen LogP contribution is 2.30. The Labute approximate surface area is 162 Å². The van der Waals surface area contributed by atoms with E-state index >= 15 is 0 Å². The van der Waals surface area contributed by atoms with Gasteiger partial charge in [-0.1, -0.05) is 18.2 Å². The highest BCUT2D eigenvalue weighted by molar-refractivity contribution is 5.56. The first kappa shape index (κ1) is 19.5. The van der Waals surface area contributed by atoms with Crippen molar-refractivity contribution >= 4 is 5.69 Å². The summed E-state index contributed by atoms with van der Waals surface area (Å²) in [6, 6.07) is 12.1. The summed E-state index contributed by atoms with van der Waals surface area (Å²) >= 11 is 0. The summed E-state index contributed by atoms with van der Waals surface area (Å²) in [6.45, 7) is 8.81. The number of piperazine rings is 1. The van der Waals surface area contributed by atoms with Crippen LogP contribution in [0, 0.1) is 13.8 Å². The van der Waals surface area contributed by atoms with Gasteiger partial charge in [0.1, 0.15) is 0 Å². The summed E-state index contributed by atoms with van der Waals surface area (Å²) in [6.07, 6.45) is -0.544. The van der Waals surface area contributed by atoms with Gasteiger partial charge in [-0.3, -0.25) is 4.90 Å². The highest BCUT2D eigenvalue weighted by Gasteiger charge is 2.22. The van der Waals surface area contributed by atoms with Crippen LogP contribution < -0.4 is 14.4 Å². The molecular weight excluding hydrogens is 340 g/mol. The summed E-state index contributed by atoms with van der Waals surface area (Å²) in [5, 5.41) is 10.7. The summed E-state index contributed by atoms with van der Waals surface area (Å²) in [4.78, 5) is 4.77. The van der Waals surface area contributed by atoms with Crippen molar-refractivity contribution in [3.05, 3.63) is 53.1 Å². The molecule has 1 N–H and O–H groups in total. The fraction of sp³-hybridized carbons (Fsp3) is 0.455. The van der Waals surface area contributed by atoms with Gasteiger partial charge in [0.25, 0.3) is 0 Å². The van der Waals surface area contributed by atoms with E-state index in [1.165, 1.54) is 16.8 Å². The third-order valence-electron chi connectivity index (χ3n) is 5.51. The molecule has 0 radical (unpaired) electrons. The molecule has 1 aliphatic rings. The average Bonchev–Trinajstić information content (AvgIpc) is 2.70. The van der Waals surface area contributed by atoms with Crippen LogP contribution in [0.25, 0.3) is 0 Å². The minimum Gasteiger partial charge on any atom is -0.493 e. The minimum atomic E-state index is -0.544. The van der Waals surface area contributed by atoms with E-state index in [0.717, 1.165) is 31.7 Å². The molecule has 2 aromatic carbocycles. The molecule has 0 spiro atoms. The predicted octanol–water partition coefficient (Wildman–Crippen LogP) is 3.18. The van der Waals surface area contributed by atoms with Crippen LogP contribution in [-0.4, -0.2) is 56.9 Å². The Morgan fingerprint density at radius 2 is 1.67 bits per heavy atom. The van der Waals surface area contributed by atoms with E-state index in [0.29, 0.717) is 18.0 Å². The molecule has 5 nitrogen and oxygen atoms in total. The average molecular weight is 370 g/mol. The van der Waals surface area contributed by atoms with Gasteiger partial charge in [-0.2, -0.15) is 0 Å². The van der Waals surface area contributed by atoms with E-state index in [1.807, 2.05) is 18.2 Å². The molecule has 0 unspecified atom stereocenters. The lowest BCUT2D eigenvalue weighted by atomic mass is 10.1. The molecule has 1 aliphatic heterocycles. The van der Waals surface area contributed by atoms with Gasteiger partial charge >= 0.3 is 0 Å². The van der Waals surface area contributed by atoms with E-state index in [-0.39, 0.29) is 0 Å². The van der Waals surface area contributed by atoms with E-state index in [1.54, 1.807) is 14.2 Å². The van der Waals surface area contributed by atoms with Crippen molar-refractivity contribution < 1.29 is 14.6 Å². The normalized spacial score (nSPS) is 16.3. The van der Waals surface area contributed by atoms with Crippen LogP contribution in [0.3, 0.4) is 0 Å². The van der Waals surface area contributed by atoms with Gasteiger partial charge in [0.15, 0.2) is 11.5 Å². The molecule has 5 heteroatoms. The molecule has 2 aromatic rings. The second kappa shape index (κ2) is 8.63. The number of anilines is 1. The monoisotopic (exact) mass is 370 g/mol. The topological polar surface area (TPSA) is 45.2 Å². The smallest absolute Gasteiger partial charge is 0.161 e. The van der Waals surface area contributed by atoms with Gasteiger partial charge < -0.3 is 19.5 Å². The maximum atomic E-state index is 10.7. The molecule has 27 heavy (non-hydrogen) atoms. The number of aliphatic hydroxyl groups excluding tert-OH is 1. The number of methoxy groups -OCH3 is 2. The second-order valence-corrected chi connectivity index (χ2v) is 7.14. The van der Waals surface area contributed by atoms with Crippen molar-refractivity contribution in [2.45, 2.75) is 20.0 Å². The first-order chi connectivity index (χ1) is 13.0. The Bertz CT molecular complexity index is 770. The molecule has 0 aromatic heterocycles. The zero-order valence-electron chi connectivity index (χ0n) is 16.7. The van der Waals surface area contributed by atoms with Crippen LogP contribution in [0.2, 0.25) is 0 Å². The lowest BCUT2D eigenvalue weighted by molar-refractivity contribution is 0.109. The van der Waals surface area contributed by atoms with Gasteiger partial charge in [-0.05, 0) is 48.7 Å². The van der Waals surface area contributed by atoms with Gasteiger partial charge in [-0.25, -0.2) is 0 Å². The molecule has 1 saturated heterocycles. The Morgan fingerprint density at radius 1 is 0.963 bits per heavy atom. The number of rotatable bonds is 6. The molecule has 0 amide bonds. The number of ether oxygens (including phenoxy) is 2. The fourth-order valence-electron chi connectivity index (χ4n) is 3.66. The molecule has 1 fully saturated rings. The van der Waals surface area contributed by atoms with Crippen LogP contribution in [0.1, 0.15) is 22.8 Å². The quantitative estimate of drug-likeness (QED) is 0.846. The summed E-state index contributed by atoms with van der Waals surface area (Å²) in [5.74, 6) is 1.32. The number of aliphatic hydroxyl groups is 1. The van der Waals surface area contributed by atoms with Crippen LogP contribution in [-0.2, 0) is 0 Å². The van der Waals surface area contributed by atoms with Gasteiger partial charge in [0, 0.05) is 38.4 Å². The largest absolute Gasteiger partial charge is 0.493 e. The summed E-state index contributed by atoms with van der Waals surface area (Å²) in [7, 11) is 3.23. The molecule has 146 valence electrons. The lowest BCUT2D eigenvalue weighted by Crippen LogP contribution is -2.47. The van der Waals surface area contributed by atoms with Gasteiger partial charge in [0.2, 0.25) is 0 Å². The van der Waals surface area contributed by atoms with Crippen molar-refractivity contribution in [1.82, 2.24) is 4.90 Å². The Morgan fingerprint density at radius 3 is 2.33 bits per heavy atom. The van der Waals surface area contributed by atoms with E-state index in [4.69, 9.17) is 9.47 Å². The van der Waals surface area contributed by atoms with Gasteiger partial charge in [0.05, 0.1) is 20.3 Å². The maximum Gasteiger partial charge on any atom is 0.161 e. The molecular formula is C22H30N2O3. The Kier molecular flexibility index (Phi) is 6.24. The third kappa shape index (κ3) is 4.37. The second-order valence-electron chi connectivity index (χ2n) is 7.14. The summed E-state index contributed by atoms with van der Waals surface area (Å²) in [5.41, 5.74) is 4.87. The van der Waals surface area contributed by atoms with Crippen LogP contribution in [0.4, 0.5) is 5.69 Å². The molecule has 0 aliphatic carbocycles. The standard InChI is InChI=1S/C22H30N2O3/c1-16-6-5-7-19(17(16)2)24-12-10-23(11-13-24)15-20(25)18-8-9-21(26-3)22(14-18)27-4/h5-9,14,20,25H,10-13,15H2,1-4H3/t20-/m1/s1. The summed E-state index contributed by atoms with van der Waals surface area (Å²) < 4.78 is 10.6. The molecule has 3 rings (SSSR count). The van der Waals surface area contributed by atoms with Crippen molar-refractivity contribution in [1.29, 1.82) is 0 Å². The number of β-amino-alcohol motifs (C(OH)–C–C–N with tert-alkyl or cyclic N) is 1. The van der Waals surface area contributed by atoms with Crippen LogP contribution in [0.5, 0.6) is 11.5 Å². The van der Waals surface area contributed by atoms with Crippen molar-refractivity contribution in [3.8, 4) is 11.5 Å². The van der Waals surface area contributed by atoms with E-state index < -0.39 is 6.10 Å². The zero-order chi connectivity index (χ0) is 19.4. The number of benzene rings is 2. The highest BCUT2D eigenvalue weighted by atomic mass is 16.5. The minimum absolute atomic E-state index is 0.544. The number of aryl methyl sites for hydroxylation is 1. The van der Waals surface area contributed by atoms with E-state index in [2.05, 4.69) is 41.8 Å². The van der Waals surface area contributed by atoms with Crippen molar-refractivity contribution in [2.75, 3.05) is 51.8 Å². The molecule has 1 atom stereocenters. The number of hydrogen-bond acceptors (Lipinski definition) is 5. The number of hydrogen-bond donors (Lipinski definition) is 1. The first-order valence-corrected chi connectivity index (χ1v) is 9.47. The van der Waals surface area contributed by atoms with Crippen LogP contribution in [0.15, 0.2) is 36.4 Å². The van der Waals surface area contributed by atoms with Crippen molar-refractivity contribution in [2.24, 2.45) is 0 Å². The fourth-order valence-corrected chi connectivity index (χ4v) is 3.66. The Balaban J connectivity index is 1.59. The maximum absolute atomic E-state index is 10.7. The zero-order valence-corrected chi connectivity index (χ0v) is 16.7. The SMILES string of the molecule is COc1ccc([C@H](O)CN2CCN(c3cccc(C)c3C)CC2)cc1OC.